The van der Waals surface area contributed by atoms with Gasteiger partial charge in [0.25, 0.3) is 5.91 Å². The second-order valence-corrected chi connectivity index (χ2v) is 9.16. The van der Waals surface area contributed by atoms with E-state index in [0.717, 1.165) is 0 Å². The van der Waals surface area contributed by atoms with E-state index >= 15 is 4.39 Å². The number of hydrogen-bond acceptors (Lipinski definition) is 5. The molecular weight excluding hydrogens is 477 g/mol. The van der Waals surface area contributed by atoms with Crippen LogP contribution in [0.3, 0.4) is 0 Å². The van der Waals surface area contributed by atoms with Crippen LogP contribution in [0.15, 0.2) is 47.5 Å². The monoisotopic (exact) mass is 499 g/mol. The Balaban J connectivity index is 1.67. The van der Waals surface area contributed by atoms with Gasteiger partial charge in [0.05, 0.1) is 13.2 Å². The molecule has 0 bridgehead atoms. The highest BCUT2D eigenvalue weighted by atomic mass is 32.2. The fourth-order valence-electron chi connectivity index (χ4n) is 4.13. The number of nitrogens with zero attached hydrogens (tertiary/aromatic N) is 1. The maximum Gasteiger partial charge on any atom is 0.401 e. The van der Waals surface area contributed by atoms with E-state index in [1.165, 1.54) is 17.8 Å². The number of benzene rings is 2. The van der Waals surface area contributed by atoms with Gasteiger partial charge >= 0.3 is 6.18 Å². The predicted octanol–water partition coefficient (Wildman–Crippen LogP) is 4.38. The van der Waals surface area contributed by atoms with Gasteiger partial charge in [-0.25, -0.2) is 13.8 Å². The van der Waals surface area contributed by atoms with Crippen molar-refractivity contribution in [2.75, 3.05) is 25.5 Å². The molecule has 182 valence electrons. The molecule has 0 aliphatic carbocycles. The first-order valence-corrected chi connectivity index (χ1v) is 11.6. The van der Waals surface area contributed by atoms with Gasteiger partial charge in [-0.3, -0.25) is 4.79 Å². The second-order valence-electron chi connectivity index (χ2n) is 8.15. The molecule has 5 nitrogen and oxygen atoms in total. The van der Waals surface area contributed by atoms with E-state index < -0.39 is 36.4 Å². The van der Waals surface area contributed by atoms with Crippen LogP contribution in [0.5, 0.6) is 0 Å². The number of carbonyl (C=O) groups is 1. The first kappa shape index (κ1) is 24.6. The highest BCUT2D eigenvalue weighted by Gasteiger charge is 2.48. The Bertz CT molecular complexity index is 1080. The summed E-state index contributed by atoms with van der Waals surface area (Å²) >= 11 is 1.32. The fraction of sp³-hybridized carbons (Fsp3) is 0.391. The van der Waals surface area contributed by atoms with Crippen molar-refractivity contribution in [2.45, 2.75) is 24.7 Å². The number of alkyl halides is 3. The molecule has 0 aromatic heterocycles. The van der Waals surface area contributed by atoms with Crippen molar-refractivity contribution in [3.8, 4) is 0 Å². The highest BCUT2D eigenvalue weighted by molar-refractivity contribution is 8.13. The number of thioether (sulfide) groups is 1. The molecule has 2 N–H and O–H groups in total. The average Bonchev–Trinajstić information content (AvgIpc) is 2.80. The normalized spacial score (nSPS) is 22.6. The van der Waals surface area contributed by atoms with Gasteiger partial charge in [-0.2, -0.15) is 13.2 Å². The molecule has 1 fully saturated rings. The van der Waals surface area contributed by atoms with Crippen LogP contribution < -0.4 is 10.6 Å². The molecule has 4 rings (SSSR count). The third kappa shape index (κ3) is 5.42. The molecule has 34 heavy (non-hydrogen) atoms. The molecule has 2 aliphatic heterocycles. The average molecular weight is 500 g/mol. The number of nitrogens with one attached hydrogen (secondary N) is 2. The van der Waals surface area contributed by atoms with Gasteiger partial charge < -0.3 is 15.4 Å². The molecular formula is C23H22F5N3O2S. The minimum absolute atomic E-state index is 0.000899. The summed E-state index contributed by atoms with van der Waals surface area (Å²) in [7, 11) is 0. The lowest BCUT2D eigenvalue weighted by atomic mass is 9.76. The Kier molecular flexibility index (Phi) is 7.25. The van der Waals surface area contributed by atoms with Crippen LogP contribution in [0.25, 0.3) is 0 Å². The zero-order valence-electron chi connectivity index (χ0n) is 17.9. The number of aliphatic imine (C=N–C) groups is 1. The van der Waals surface area contributed by atoms with Gasteiger partial charge in [0.15, 0.2) is 5.17 Å². The second kappa shape index (κ2) is 10.0. The predicted molar refractivity (Wildman–Crippen MR) is 119 cm³/mol. The molecule has 0 spiro atoms. The van der Waals surface area contributed by atoms with Crippen molar-refractivity contribution < 1.29 is 31.5 Å². The number of hydrogen-bond donors (Lipinski definition) is 2. The third-order valence-electron chi connectivity index (χ3n) is 5.83. The Labute approximate surface area is 197 Å². The number of halogens is 5. The van der Waals surface area contributed by atoms with Crippen molar-refractivity contribution in [1.29, 1.82) is 0 Å². The van der Waals surface area contributed by atoms with Crippen LogP contribution in [-0.4, -0.2) is 42.8 Å². The fourth-order valence-corrected chi connectivity index (χ4v) is 5.32. The van der Waals surface area contributed by atoms with Gasteiger partial charge in [-0.15, -0.1) is 0 Å². The summed E-state index contributed by atoms with van der Waals surface area (Å²) in [5, 5.41) is 5.16. The molecule has 0 saturated carbocycles. The van der Waals surface area contributed by atoms with Crippen LogP contribution in [0.1, 0.15) is 27.9 Å². The molecule has 2 atom stereocenters. The molecule has 0 radical (unpaired) electrons. The van der Waals surface area contributed by atoms with E-state index in [4.69, 9.17) is 4.74 Å². The number of fused-ring (bicyclic) bond motifs is 1. The van der Waals surface area contributed by atoms with Gasteiger partial charge in [0.1, 0.15) is 17.2 Å². The minimum Gasteiger partial charge on any atom is -0.379 e. The topological polar surface area (TPSA) is 62.7 Å². The highest BCUT2D eigenvalue weighted by Crippen LogP contribution is 2.46. The summed E-state index contributed by atoms with van der Waals surface area (Å²) in [6, 6.07) is 10.4. The quantitative estimate of drug-likeness (QED) is 0.600. The molecule has 2 aromatic carbocycles. The third-order valence-corrected chi connectivity index (χ3v) is 6.87. The van der Waals surface area contributed by atoms with Gasteiger partial charge in [-0.1, -0.05) is 30.0 Å². The molecule has 1 amide bonds. The summed E-state index contributed by atoms with van der Waals surface area (Å²) in [4.78, 5) is 17.3. The molecule has 2 heterocycles. The van der Waals surface area contributed by atoms with E-state index in [0.29, 0.717) is 30.4 Å². The van der Waals surface area contributed by atoms with Crippen LogP contribution in [0.4, 0.5) is 22.0 Å². The number of ether oxygens (including phenoxy) is 1. The van der Waals surface area contributed by atoms with Gasteiger partial charge in [0, 0.05) is 47.6 Å². The van der Waals surface area contributed by atoms with Gasteiger partial charge in [-0.05, 0) is 24.6 Å². The Morgan fingerprint density at radius 3 is 2.68 bits per heavy atom. The Hall–Kier alpha value is -2.50. The number of amidine groups is 1. The minimum atomic E-state index is -4.46. The molecule has 1 saturated heterocycles. The van der Waals surface area contributed by atoms with Crippen LogP contribution in [0.2, 0.25) is 0 Å². The maximum atomic E-state index is 15.1. The van der Waals surface area contributed by atoms with Crippen LogP contribution in [0, 0.1) is 17.6 Å². The van der Waals surface area contributed by atoms with Crippen LogP contribution in [-0.2, 0) is 16.8 Å². The Morgan fingerprint density at radius 1 is 1.18 bits per heavy atom. The van der Waals surface area contributed by atoms with Crippen LogP contribution >= 0.6 is 11.8 Å². The first-order chi connectivity index (χ1) is 16.2. The van der Waals surface area contributed by atoms with Crippen molar-refractivity contribution in [3.63, 3.8) is 0 Å². The molecule has 11 heteroatoms. The van der Waals surface area contributed by atoms with E-state index in [-0.39, 0.29) is 34.7 Å². The summed E-state index contributed by atoms with van der Waals surface area (Å²) in [5.41, 5.74) is -0.885. The molecule has 2 unspecified atom stereocenters. The number of rotatable bonds is 5. The van der Waals surface area contributed by atoms with Gasteiger partial charge in [0.2, 0.25) is 0 Å². The zero-order valence-corrected chi connectivity index (χ0v) is 18.7. The Morgan fingerprint density at radius 2 is 1.94 bits per heavy atom. The standard InChI is InChI=1S/C23H22F5N3O2S/c24-18-9-19(25)17(8-15(18)10-29-12-23(26,27)28)22-13-33-7-6-16(22)11-34-21(31-22)30-20(32)14-4-2-1-3-5-14/h1-5,8-9,16,29H,6-7,10-13H2,(H,30,31,32). The summed E-state index contributed by atoms with van der Waals surface area (Å²) < 4.78 is 72.6. The lowest BCUT2D eigenvalue weighted by Gasteiger charge is -2.44. The number of carbonyl (C=O) groups excluding carboxylic acids is 1. The smallest absolute Gasteiger partial charge is 0.379 e. The largest absolute Gasteiger partial charge is 0.401 e. The molecule has 2 aliphatic rings. The van der Waals surface area contributed by atoms with Crippen molar-refractivity contribution in [2.24, 2.45) is 10.9 Å². The van der Waals surface area contributed by atoms with Crippen molar-refractivity contribution in [3.05, 3.63) is 70.8 Å². The maximum absolute atomic E-state index is 15.1. The molecule has 2 aromatic rings. The van der Waals surface area contributed by atoms with E-state index in [1.807, 2.05) is 0 Å². The summed E-state index contributed by atoms with van der Waals surface area (Å²) in [6.45, 7) is -1.30. The zero-order chi connectivity index (χ0) is 24.3. The van der Waals surface area contributed by atoms with E-state index in [2.05, 4.69) is 15.6 Å². The lowest BCUT2D eigenvalue weighted by molar-refractivity contribution is -0.125. The number of amides is 1. The first-order valence-electron chi connectivity index (χ1n) is 10.6. The summed E-state index contributed by atoms with van der Waals surface area (Å²) in [6.07, 6.45) is -3.90. The lowest BCUT2D eigenvalue weighted by Crippen LogP contribution is -2.49. The van der Waals surface area contributed by atoms with Crippen molar-refractivity contribution in [1.82, 2.24) is 10.6 Å². The SMILES string of the molecule is O=C(NC1=NC2(c3cc(CNCC(F)(F)F)c(F)cc3F)COCCC2CS1)c1ccccc1. The summed E-state index contributed by atoms with van der Waals surface area (Å²) in [5.74, 6) is -1.85. The van der Waals surface area contributed by atoms with E-state index in [9.17, 15) is 22.4 Å². The van der Waals surface area contributed by atoms with E-state index in [1.54, 1.807) is 30.3 Å². The van der Waals surface area contributed by atoms with Crippen molar-refractivity contribution >= 4 is 22.8 Å².